The van der Waals surface area contributed by atoms with E-state index in [1.54, 1.807) is 14.2 Å². The summed E-state index contributed by atoms with van der Waals surface area (Å²) in [4.78, 5) is 14.9. The van der Waals surface area contributed by atoms with Gasteiger partial charge in [0.15, 0.2) is 11.5 Å². The minimum Gasteiger partial charge on any atom is -0.493 e. The summed E-state index contributed by atoms with van der Waals surface area (Å²) in [5, 5.41) is 0. The van der Waals surface area contributed by atoms with Gasteiger partial charge >= 0.3 is 0 Å². The van der Waals surface area contributed by atoms with Crippen molar-refractivity contribution >= 4 is 5.91 Å². The molecule has 0 radical (unpaired) electrons. The van der Waals surface area contributed by atoms with Crippen molar-refractivity contribution in [3.63, 3.8) is 0 Å². The number of ether oxygens (including phenoxy) is 2. The number of amides is 1. The number of unbranched alkanes of at least 4 members (excludes halogenated alkanes) is 1. The molecule has 1 unspecified atom stereocenters. The van der Waals surface area contributed by atoms with Gasteiger partial charge in [-0.2, -0.15) is 0 Å². The second kappa shape index (κ2) is 8.26. The van der Waals surface area contributed by atoms with Crippen molar-refractivity contribution in [2.45, 2.75) is 38.6 Å². The summed E-state index contributed by atoms with van der Waals surface area (Å²) in [6, 6.07) is 14.3. The molecule has 2 aromatic carbocycles. The zero-order valence-corrected chi connectivity index (χ0v) is 15.8. The van der Waals surface area contributed by atoms with Gasteiger partial charge in [-0.05, 0) is 41.7 Å². The molecule has 4 heteroatoms. The summed E-state index contributed by atoms with van der Waals surface area (Å²) >= 11 is 0. The number of carbonyl (C=O) groups is 1. The number of rotatable bonds is 6. The van der Waals surface area contributed by atoms with Crippen molar-refractivity contribution in [2.24, 2.45) is 0 Å². The molecule has 0 saturated heterocycles. The summed E-state index contributed by atoms with van der Waals surface area (Å²) in [5.74, 6) is 1.67. The Morgan fingerprint density at radius 1 is 1.12 bits per heavy atom. The molecule has 3 rings (SSSR count). The molecule has 1 atom stereocenters. The van der Waals surface area contributed by atoms with Gasteiger partial charge in [-0.3, -0.25) is 4.79 Å². The Morgan fingerprint density at radius 2 is 1.81 bits per heavy atom. The van der Waals surface area contributed by atoms with Crippen LogP contribution in [0.3, 0.4) is 0 Å². The molecule has 1 aliphatic rings. The van der Waals surface area contributed by atoms with Crippen LogP contribution in [0.5, 0.6) is 11.5 Å². The highest BCUT2D eigenvalue weighted by Crippen LogP contribution is 2.41. The molecule has 1 aliphatic heterocycles. The van der Waals surface area contributed by atoms with Crippen molar-refractivity contribution in [3.05, 3.63) is 59.2 Å². The van der Waals surface area contributed by atoms with E-state index in [1.165, 1.54) is 5.56 Å². The standard InChI is InChI=1S/C22H27NO3/c1-4-5-11-21(24)23-13-12-17-14-19(25-2)20(26-3)15-18(17)22(23)16-9-7-6-8-10-16/h6-10,14-15,22H,4-5,11-13H2,1-3H3. The minimum absolute atomic E-state index is 0.0795. The number of fused-ring (bicyclic) bond motifs is 1. The molecule has 0 aromatic heterocycles. The van der Waals surface area contributed by atoms with Crippen molar-refractivity contribution in [1.82, 2.24) is 4.90 Å². The Hall–Kier alpha value is -2.49. The van der Waals surface area contributed by atoms with Gasteiger partial charge in [0, 0.05) is 13.0 Å². The average molecular weight is 353 g/mol. The fraction of sp³-hybridized carbons (Fsp3) is 0.409. The van der Waals surface area contributed by atoms with E-state index in [1.807, 2.05) is 29.2 Å². The molecular weight excluding hydrogens is 326 g/mol. The molecule has 0 fully saturated rings. The first-order chi connectivity index (χ1) is 12.7. The molecule has 26 heavy (non-hydrogen) atoms. The van der Waals surface area contributed by atoms with Gasteiger partial charge in [-0.25, -0.2) is 0 Å². The Labute approximate surface area is 155 Å². The summed E-state index contributed by atoms with van der Waals surface area (Å²) < 4.78 is 11.0. The normalized spacial score (nSPS) is 16.1. The lowest BCUT2D eigenvalue weighted by Gasteiger charge is -2.38. The van der Waals surface area contributed by atoms with Crippen LogP contribution in [0.2, 0.25) is 0 Å². The molecule has 0 aliphatic carbocycles. The van der Waals surface area contributed by atoms with Crippen molar-refractivity contribution in [3.8, 4) is 11.5 Å². The van der Waals surface area contributed by atoms with Crippen molar-refractivity contribution in [1.29, 1.82) is 0 Å². The van der Waals surface area contributed by atoms with E-state index in [2.05, 4.69) is 25.1 Å². The van der Waals surface area contributed by atoms with E-state index in [9.17, 15) is 4.79 Å². The first-order valence-corrected chi connectivity index (χ1v) is 9.28. The maximum absolute atomic E-state index is 12.9. The minimum atomic E-state index is -0.0795. The largest absolute Gasteiger partial charge is 0.493 e. The van der Waals surface area contributed by atoms with Crippen LogP contribution in [0, 0.1) is 0 Å². The van der Waals surface area contributed by atoms with Crippen molar-refractivity contribution < 1.29 is 14.3 Å². The third-order valence-corrected chi connectivity index (χ3v) is 5.05. The van der Waals surface area contributed by atoms with Crippen LogP contribution in [0.1, 0.15) is 48.9 Å². The number of nitrogens with zero attached hydrogens (tertiary/aromatic N) is 1. The van der Waals surface area contributed by atoms with Gasteiger partial charge in [0.25, 0.3) is 0 Å². The van der Waals surface area contributed by atoms with Crippen LogP contribution in [0.25, 0.3) is 0 Å². The summed E-state index contributed by atoms with van der Waals surface area (Å²) in [7, 11) is 3.30. The fourth-order valence-electron chi connectivity index (χ4n) is 3.68. The first-order valence-electron chi connectivity index (χ1n) is 9.28. The van der Waals surface area contributed by atoms with E-state index in [-0.39, 0.29) is 11.9 Å². The third-order valence-electron chi connectivity index (χ3n) is 5.05. The Bertz CT molecular complexity index is 757. The maximum Gasteiger partial charge on any atom is 0.223 e. The predicted octanol–water partition coefficient (Wildman–Crippen LogP) is 4.37. The van der Waals surface area contributed by atoms with E-state index in [0.717, 1.165) is 42.7 Å². The second-order valence-corrected chi connectivity index (χ2v) is 6.66. The van der Waals surface area contributed by atoms with Gasteiger partial charge < -0.3 is 14.4 Å². The molecule has 4 nitrogen and oxygen atoms in total. The zero-order valence-electron chi connectivity index (χ0n) is 15.8. The van der Waals surface area contributed by atoms with Gasteiger partial charge in [-0.15, -0.1) is 0 Å². The highest BCUT2D eigenvalue weighted by molar-refractivity contribution is 5.78. The van der Waals surface area contributed by atoms with Gasteiger partial charge in [-0.1, -0.05) is 43.7 Å². The topological polar surface area (TPSA) is 38.8 Å². The van der Waals surface area contributed by atoms with E-state index < -0.39 is 0 Å². The van der Waals surface area contributed by atoms with E-state index in [4.69, 9.17) is 9.47 Å². The average Bonchev–Trinajstić information content (AvgIpc) is 2.70. The zero-order chi connectivity index (χ0) is 18.5. The number of hydrogen-bond acceptors (Lipinski definition) is 3. The molecule has 0 N–H and O–H groups in total. The van der Waals surface area contributed by atoms with Crippen LogP contribution in [-0.2, 0) is 11.2 Å². The lowest BCUT2D eigenvalue weighted by atomic mass is 9.87. The molecule has 0 saturated carbocycles. The van der Waals surface area contributed by atoms with Crippen LogP contribution in [-0.4, -0.2) is 31.6 Å². The predicted molar refractivity (Wildman–Crippen MR) is 103 cm³/mol. The van der Waals surface area contributed by atoms with E-state index in [0.29, 0.717) is 12.2 Å². The first kappa shape index (κ1) is 18.3. The van der Waals surface area contributed by atoms with Crippen molar-refractivity contribution in [2.75, 3.05) is 20.8 Å². The number of benzene rings is 2. The smallest absolute Gasteiger partial charge is 0.223 e. The highest BCUT2D eigenvalue weighted by atomic mass is 16.5. The Morgan fingerprint density at radius 3 is 2.46 bits per heavy atom. The fourth-order valence-corrected chi connectivity index (χ4v) is 3.68. The Balaban J connectivity index is 2.07. The monoisotopic (exact) mass is 353 g/mol. The van der Waals surface area contributed by atoms with Crippen LogP contribution in [0.4, 0.5) is 0 Å². The molecule has 0 spiro atoms. The van der Waals surface area contributed by atoms with Crippen LogP contribution in [0.15, 0.2) is 42.5 Å². The molecular formula is C22H27NO3. The molecule has 2 aromatic rings. The number of carbonyl (C=O) groups excluding carboxylic acids is 1. The number of hydrogen-bond donors (Lipinski definition) is 0. The molecule has 138 valence electrons. The van der Waals surface area contributed by atoms with Gasteiger partial charge in [0.1, 0.15) is 0 Å². The summed E-state index contributed by atoms with van der Waals surface area (Å²) in [6.45, 7) is 2.84. The quantitative estimate of drug-likeness (QED) is 0.774. The summed E-state index contributed by atoms with van der Waals surface area (Å²) in [5.41, 5.74) is 3.48. The Kier molecular flexibility index (Phi) is 5.82. The second-order valence-electron chi connectivity index (χ2n) is 6.66. The lowest BCUT2D eigenvalue weighted by Crippen LogP contribution is -2.40. The summed E-state index contributed by atoms with van der Waals surface area (Å²) in [6.07, 6.45) is 3.38. The molecule has 1 amide bonds. The highest BCUT2D eigenvalue weighted by Gasteiger charge is 2.32. The SMILES string of the molecule is CCCCC(=O)N1CCc2cc(OC)c(OC)cc2C1c1ccccc1. The van der Waals surface area contributed by atoms with Crippen LogP contribution < -0.4 is 9.47 Å². The van der Waals surface area contributed by atoms with Gasteiger partial charge in [0.05, 0.1) is 20.3 Å². The third kappa shape index (κ3) is 3.55. The molecule has 0 bridgehead atoms. The van der Waals surface area contributed by atoms with E-state index >= 15 is 0 Å². The molecule has 1 heterocycles. The van der Waals surface area contributed by atoms with Crippen LogP contribution >= 0.6 is 0 Å². The van der Waals surface area contributed by atoms with Gasteiger partial charge in [0.2, 0.25) is 5.91 Å². The maximum atomic E-state index is 12.9. The number of methoxy groups -OCH3 is 2. The lowest BCUT2D eigenvalue weighted by molar-refractivity contribution is -0.133.